The highest BCUT2D eigenvalue weighted by Crippen LogP contribution is 2.31. The molecule has 2 N–H and O–H groups in total. The molecule has 3 rings (SSSR count). The third kappa shape index (κ3) is 3.15. The number of morpholine rings is 1. The summed E-state index contributed by atoms with van der Waals surface area (Å²) in [5.41, 5.74) is 6.77. The van der Waals surface area contributed by atoms with Gasteiger partial charge in [0.1, 0.15) is 6.10 Å². The summed E-state index contributed by atoms with van der Waals surface area (Å²) in [7, 11) is 0. The molecule has 5 heteroatoms. The summed E-state index contributed by atoms with van der Waals surface area (Å²) in [4.78, 5) is 14.6. The van der Waals surface area contributed by atoms with E-state index in [1.54, 1.807) is 0 Å². The smallest absolute Gasteiger partial charge is 0.242 e. The predicted octanol–water partition coefficient (Wildman–Crippen LogP) is 2.62. The lowest BCUT2D eigenvalue weighted by atomic mass is 9.96. The van der Waals surface area contributed by atoms with Crippen LogP contribution in [0.15, 0.2) is 28.7 Å². The minimum atomic E-state index is -0.637. The van der Waals surface area contributed by atoms with Crippen molar-refractivity contribution in [3.05, 3.63) is 34.3 Å². The van der Waals surface area contributed by atoms with Crippen molar-refractivity contribution in [2.45, 2.75) is 37.3 Å². The SMILES string of the molecule is NC1(C(=O)N2CCOC(c3ccc(Br)cc3)C2)CCCC1. The lowest BCUT2D eigenvalue weighted by molar-refractivity contribution is -0.144. The summed E-state index contributed by atoms with van der Waals surface area (Å²) in [5.74, 6) is 0.102. The molecule has 1 saturated heterocycles. The number of ether oxygens (including phenoxy) is 1. The second-order valence-corrected chi connectivity index (χ2v) is 6.94. The first kappa shape index (κ1) is 15.0. The van der Waals surface area contributed by atoms with E-state index in [2.05, 4.69) is 15.9 Å². The number of hydrogen-bond donors (Lipinski definition) is 1. The van der Waals surface area contributed by atoms with Crippen LogP contribution >= 0.6 is 15.9 Å². The maximum atomic E-state index is 12.7. The van der Waals surface area contributed by atoms with Crippen LogP contribution in [0.2, 0.25) is 0 Å². The molecule has 1 atom stereocenters. The van der Waals surface area contributed by atoms with Gasteiger partial charge in [-0.1, -0.05) is 40.9 Å². The molecule has 1 aliphatic carbocycles. The Labute approximate surface area is 133 Å². The highest BCUT2D eigenvalue weighted by molar-refractivity contribution is 9.10. The van der Waals surface area contributed by atoms with Crippen LogP contribution in [-0.2, 0) is 9.53 Å². The minimum absolute atomic E-state index is 0.0548. The van der Waals surface area contributed by atoms with Crippen molar-refractivity contribution in [1.29, 1.82) is 0 Å². The number of amides is 1. The van der Waals surface area contributed by atoms with Crippen molar-refractivity contribution in [2.75, 3.05) is 19.7 Å². The first-order valence-electron chi connectivity index (χ1n) is 7.54. The molecule has 0 aromatic heterocycles. The van der Waals surface area contributed by atoms with E-state index in [4.69, 9.17) is 10.5 Å². The lowest BCUT2D eigenvalue weighted by Gasteiger charge is -2.37. The molecule has 1 aliphatic heterocycles. The van der Waals surface area contributed by atoms with Crippen molar-refractivity contribution in [3.8, 4) is 0 Å². The Balaban J connectivity index is 1.70. The molecule has 0 bridgehead atoms. The van der Waals surface area contributed by atoms with Gasteiger partial charge >= 0.3 is 0 Å². The largest absolute Gasteiger partial charge is 0.370 e. The molecule has 1 amide bonds. The Kier molecular flexibility index (Phi) is 4.33. The van der Waals surface area contributed by atoms with Crippen LogP contribution in [0.3, 0.4) is 0 Å². The van der Waals surface area contributed by atoms with Gasteiger partial charge in [0.05, 0.1) is 18.7 Å². The van der Waals surface area contributed by atoms with Crippen LogP contribution in [0.25, 0.3) is 0 Å². The first-order chi connectivity index (χ1) is 10.1. The van der Waals surface area contributed by atoms with E-state index in [-0.39, 0.29) is 12.0 Å². The number of halogens is 1. The molecule has 1 unspecified atom stereocenters. The predicted molar refractivity (Wildman–Crippen MR) is 84.8 cm³/mol. The van der Waals surface area contributed by atoms with Crippen LogP contribution in [0.5, 0.6) is 0 Å². The summed E-state index contributed by atoms with van der Waals surface area (Å²) in [6.07, 6.45) is 3.68. The summed E-state index contributed by atoms with van der Waals surface area (Å²) < 4.78 is 6.87. The number of carbonyl (C=O) groups is 1. The zero-order valence-electron chi connectivity index (χ0n) is 12.1. The zero-order chi connectivity index (χ0) is 14.9. The highest BCUT2D eigenvalue weighted by atomic mass is 79.9. The molecule has 21 heavy (non-hydrogen) atoms. The Morgan fingerprint density at radius 2 is 1.95 bits per heavy atom. The van der Waals surface area contributed by atoms with Crippen LogP contribution in [0.4, 0.5) is 0 Å². The van der Waals surface area contributed by atoms with Gasteiger partial charge in [0.15, 0.2) is 0 Å². The molecule has 4 nitrogen and oxygen atoms in total. The van der Waals surface area contributed by atoms with E-state index in [1.165, 1.54) is 0 Å². The average Bonchev–Trinajstić information content (AvgIpc) is 2.95. The van der Waals surface area contributed by atoms with Crippen LogP contribution in [0, 0.1) is 0 Å². The summed E-state index contributed by atoms with van der Waals surface area (Å²) in [6.45, 7) is 1.81. The van der Waals surface area contributed by atoms with Crippen molar-refractivity contribution in [1.82, 2.24) is 4.90 Å². The van der Waals surface area contributed by atoms with Gasteiger partial charge in [-0.2, -0.15) is 0 Å². The van der Waals surface area contributed by atoms with Crippen molar-refractivity contribution in [2.24, 2.45) is 5.73 Å². The van der Waals surface area contributed by atoms with Crippen molar-refractivity contribution >= 4 is 21.8 Å². The van der Waals surface area contributed by atoms with Crippen LogP contribution in [0.1, 0.15) is 37.4 Å². The van der Waals surface area contributed by atoms with E-state index in [0.29, 0.717) is 19.7 Å². The van der Waals surface area contributed by atoms with Crippen molar-refractivity contribution < 1.29 is 9.53 Å². The maximum absolute atomic E-state index is 12.7. The number of carbonyl (C=O) groups excluding carboxylic acids is 1. The minimum Gasteiger partial charge on any atom is -0.370 e. The van der Waals surface area contributed by atoms with E-state index in [0.717, 1.165) is 35.7 Å². The number of benzene rings is 1. The van der Waals surface area contributed by atoms with Crippen LogP contribution < -0.4 is 5.73 Å². The fourth-order valence-corrected chi connectivity index (χ4v) is 3.51. The molecule has 2 fully saturated rings. The second kappa shape index (κ2) is 6.07. The van der Waals surface area contributed by atoms with E-state index < -0.39 is 5.54 Å². The molecule has 1 aromatic rings. The van der Waals surface area contributed by atoms with Gasteiger partial charge in [0, 0.05) is 11.0 Å². The average molecular weight is 353 g/mol. The van der Waals surface area contributed by atoms with Gasteiger partial charge < -0.3 is 15.4 Å². The van der Waals surface area contributed by atoms with Crippen molar-refractivity contribution in [3.63, 3.8) is 0 Å². The van der Waals surface area contributed by atoms with E-state index in [1.807, 2.05) is 29.2 Å². The normalized spacial score (nSPS) is 25.0. The van der Waals surface area contributed by atoms with Gasteiger partial charge in [-0.3, -0.25) is 4.79 Å². The standard InChI is InChI=1S/C16H21BrN2O2/c17-13-5-3-12(4-6-13)14-11-19(9-10-21-14)15(20)16(18)7-1-2-8-16/h3-6,14H,1-2,7-11,18H2. The lowest BCUT2D eigenvalue weighted by Crippen LogP contribution is -2.56. The van der Waals surface area contributed by atoms with Gasteiger partial charge in [-0.05, 0) is 30.5 Å². The Hall–Kier alpha value is -0.910. The number of hydrogen-bond acceptors (Lipinski definition) is 3. The second-order valence-electron chi connectivity index (χ2n) is 6.03. The third-order valence-electron chi connectivity index (χ3n) is 4.52. The summed E-state index contributed by atoms with van der Waals surface area (Å²) in [6, 6.07) is 8.08. The fourth-order valence-electron chi connectivity index (χ4n) is 3.25. The molecule has 2 aliphatic rings. The zero-order valence-corrected chi connectivity index (χ0v) is 13.6. The molecule has 1 saturated carbocycles. The number of rotatable bonds is 2. The third-order valence-corrected chi connectivity index (χ3v) is 5.05. The Bertz CT molecular complexity index is 512. The van der Waals surface area contributed by atoms with Gasteiger partial charge in [0.25, 0.3) is 0 Å². The van der Waals surface area contributed by atoms with Gasteiger partial charge in [0.2, 0.25) is 5.91 Å². The molecule has 1 aromatic carbocycles. The quantitative estimate of drug-likeness (QED) is 0.889. The fraction of sp³-hybridized carbons (Fsp3) is 0.562. The van der Waals surface area contributed by atoms with Gasteiger partial charge in [-0.25, -0.2) is 0 Å². The highest BCUT2D eigenvalue weighted by Gasteiger charge is 2.41. The maximum Gasteiger partial charge on any atom is 0.242 e. The molecular weight excluding hydrogens is 332 g/mol. The van der Waals surface area contributed by atoms with Crippen LogP contribution in [-0.4, -0.2) is 36.0 Å². The van der Waals surface area contributed by atoms with E-state index >= 15 is 0 Å². The van der Waals surface area contributed by atoms with E-state index in [9.17, 15) is 4.79 Å². The first-order valence-corrected chi connectivity index (χ1v) is 8.33. The number of nitrogens with two attached hydrogens (primary N) is 1. The topological polar surface area (TPSA) is 55.6 Å². The molecule has 0 spiro atoms. The Morgan fingerprint density at radius 1 is 1.29 bits per heavy atom. The molecular formula is C16H21BrN2O2. The molecule has 114 valence electrons. The monoisotopic (exact) mass is 352 g/mol. The Morgan fingerprint density at radius 3 is 2.62 bits per heavy atom. The molecule has 0 radical (unpaired) electrons. The summed E-state index contributed by atoms with van der Waals surface area (Å²) in [5, 5.41) is 0. The molecule has 1 heterocycles. The summed E-state index contributed by atoms with van der Waals surface area (Å²) >= 11 is 3.43. The van der Waals surface area contributed by atoms with Gasteiger partial charge in [-0.15, -0.1) is 0 Å². The number of nitrogens with zero attached hydrogens (tertiary/aromatic N) is 1.